The van der Waals surface area contributed by atoms with Crippen LogP contribution in [-0.2, 0) is 17.8 Å². The molecule has 1 aromatic carbocycles. The summed E-state index contributed by atoms with van der Waals surface area (Å²) in [6, 6.07) is 10.1. The maximum atomic E-state index is 12.5. The van der Waals surface area contributed by atoms with Crippen LogP contribution in [0.4, 0.5) is 0 Å². The third kappa shape index (κ3) is 3.94. The Balaban J connectivity index is 1.25. The Bertz CT molecular complexity index is 863. The van der Waals surface area contributed by atoms with Crippen LogP contribution in [0.15, 0.2) is 34.9 Å². The van der Waals surface area contributed by atoms with Gasteiger partial charge in [-0.15, -0.1) is 11.3 Å². The van der Waals surface area contributed by atoms with Gasteiger partial charge in [-0.05, 0) is 19.1 Å². The number of benzene rings is 1. The molecule has 0 unspecified atom stereocenters. The SMILES string of the molecule is Cc1cc(C[NH+]2CCN(C(=O)CCc3nc4ccccc4s3)CC2)no1. The van der Waals surface area contributed by atoms with Crippen molar-refractivity contribution in [1.82, 2.24) is 15.0 Å². The zero-order chi connectivity index (χ0) is 17.9. The summed E-state index contributed by atoms with van der Waals surface area (Å²) in [5.74, 6) is 1.09. The maximum absolute atomic E-state index is 12.5. The van der Waals surface area contributed by atoms with Crippen LogP contribution >= 0.6 is 11.3 Å². The zero-order valence-corrected chi connectivity index (χ0v) is 15.7. The monoisotopic (exact) mass is 371 g/mol. The summed E-state index contributed by atoms with van der Waals surface area (Å²) < 4.78 is 6.32. The molecule has 2 aromatic heterocycles. The molecule has 1 fully saturated rings. The summed E-state index contributed by atoms with van der Waals surface area (Å²) in [7, 11) is 0. The number of carbonyl (C=O) groups is 1. The van der Waals surface area contributed by atoms with Crippen LogP contribution in [0.1, 0.15) is 22.9 Å². The standard InChI is InChI=1S/C19H22N4O2S/c1-14-12-15(21-25-14)13-22-8-10-23(11-9-22)19(24)7-6-18-20-16-4-2-3-5-17(16)26-18/h2-5,12H,6-11,13H2,1H3/p+1. The van der Waals surface area contributed by atoms with Crippen molar-refractivity contribution in [3.05, 3.63) is 46.8 Å². The van der Waals surface area contributed by atoms with Gasteiger partial charge in [0.1, 0.15) is 18.0 Å². The average Bonchev–Trinajstić information content (AvgIpc) is 3.25. The van der Waals surface area contributed by atoms with Gasteiger partial charge in [-0.25, -0.2) is 4.98 Å². The molecule has 0 aliphatic carbocycles. The van der Waals surface area contributed by atoms with Gasteiger partial charge >= 0.3 is 0 Å². The van der Waals surface area contributed by atoms with Crippen LogP contribution in [0.3, 0.4) is 0 Å². The predicted octanol–water partition coefficient (Wildman–Crippen LogP) is 1.45. The molecule has 1 amide bonds. The second-order valence-electron chi connectivity index (χ2n) is 6.81. The number of nitrogens with zero attached hydrogens (tertiary/aromatic N) is 3. The molecule has 0 spiro atoms. The molecular formula is C19H23N4O2S+. The second-order valence-corrected chi connectivity index (χ2v) is 7.93. The molecule has 7 heteroatoms. The van der Waals surface area contributed by atoms with Crippen LogP contribution in [0.2, 0.25) is 0 Å². The fraction of sp³-hybridized carbons (Fsp3) is 0.421. The number of piperazine rings is 1. The molecule has 0 bridgehead atoms. The predicted molar refractivity (Wildman–Crippen MR) is 100 cm³/mol. The maximum Gasteiger partial charge on any atom is 0.223 e. The second kappa shape index (κ2) is 7.55. The number of amides is 1. The summed E-state index contributed by atoms with van der Waals surface area (Å²) in [5.41, 5.74) is 2.02. The summed E-state index contributed by atoms with van der Waals surface area (Å²) in [4.78, 5) is 20.6. The van der Waals surface area contributed by atoms with Crippen LogP contribution in [0.25, 0.3) is 10.2 Å². The van der Waals surface area contributed by atoms with E-state index in [2.05, 4.69) is 16.2 Å². The minimum absolute atomic E-state index is 0.237. The minimum atomic E-state index is 0.237. The Morgan fingerprint density at radius 1 is 1.31 bits per heavy atom. The molecule has 1 N–H and O–H groups in total. The van der Waals surface area contributed by atoms with Crippen molar-refractivity contribution in [3.63, 3.8) is 0 Å². The van der Waals surface area contributed by atoms with Crippen molar-refractivity contribution in [2.45, 2.75) is 26.3 Å². The molecular weight excluding hydrogens is 348 g/mol. The highest BCUT2D eigenvalue weighted by molar-refractivity contribution is 7.18. The van der Waals surface area contributed by atoms with Crippen molar-refractivity contribution in [2.24, 2.45) is 0 Å². The molecule has 136 valence electrons. The zero-order valence-electron chi connectivity index (χ0n) is 14.9. The number of thiazole rings is 1. The van der Waals surface area contributed by atoms with Gasteiger partial charge in [0.2, 0.25) is 5.91 Å². The number of quaternary nitrogens is 1. The summed E-state index contributed by atoms with van der Waals surface area (Å²) >= 11 is 1.69. The molecule has 3 aromatic rings. The molecule has 0 radical (unpaired) electrons. The molecule has 3 heterocycles. The molecule has 26 heavy (non-hydrogen) atoms. The van der Waals surface area contributed by atoms with Crippen molar-refractivity contribution in [3.8, 4) is 0 Å². The first-order chi connectivity index (χ1) is 12.7. The largest absolute Gasteiger partial charge is 0.361 e. The number of rotatable bonds is 5. The smallest absolute Gasteiger partial charge is 0.223 e. The highest BCUT2D eigenvalue weighted by Gasteiger charge is 2.24. The number of carbonyl (C=O) groups excluding carboxylic acids is 1. The lowest BCUT2D eigenvalue weighted by atomic mass is 10.2. The lowest BCUT2D eigenvalue weighted by Crippen LogP contribution is -3.13. The van der Waals surface area contributed by atoms with Gasteiger partial charge in [0.25, 0.3) is 0 Å². The van der Waals surface area contributed by atoms with Crippen LogP contribution in [0.5, 0.6) is 0 Å². The first-order valence-corrected chi connectivity index (χ1v) is 9.87. The van der Waals surface area contributed by atoms with Crippen LogP contribution < -0.4 is 4.90 Å². The van der Waals surface area contributed by atoms with Crippen molar-refractivity contribution < 1.29 is 14.2 Å². The van der Waals surface area contributed by atoms with Gasteiger partial charge in [0.05, 0.1) is 41.4 Å². The Kier molecular flexibility index (Phi) is 4.99. The van der Waals surface area contributed by atoms with E-state index in [1.807, 2.05) is 36.1 Å². The fourth-order valence-electron chi connectivity index (χ4n) is 3.41. The number of fused-ring (bicyclic) bond motifs is 1. The Labute approximate surface area is 156 Å². The van der Waals surface area contributed by atoms with E-state index < -0.39 is 0 Å². The van der Waals surface area contributed by atoms with Crippen LogP contribution in [0, 0.1) is 6.92 Å². The number of aromatic nitrogens is 2. The number of hydrogen-bond acceptors (Lipinski definition) is 5. The third-order valence-corrected chi connectivity index (χ3v) is 5.92. The lowest BCUT2D eigenvalue weighted by Gasteiger charge is -2.31. The first kappa shape index (κ1) is 17.2. The topological polar surface area (TPSA) is 63.7 Å². The first-order valence-electron chi connectivity index (χ1n) is 9.05. The Hall–Kier alpha value is -2.25. The molecule has 0 atom stereocenters. The molecule has 1 aliphatic heterocycles. The molecule has 1 saturated heterocycles. The highest BCUT2D eigenvalue weighted by Crippen LogP contribution is 2.22. The van der Waals surface area contributed by atoms with Gasteiger partial charge in [-0.2, -0.15) is 0 Å². The Morgan fingerprint density at radius 2 is 2.12 bits per heavy atom. The highest BCUT2D eigenvalue weighted by atomic mass is 32.1. The van der Waals surface area contributed by atoms with Gasteiger partial charge in [0.15, 0.2) is 0 Å². The van der Waals surface area contributed by atoms with E-state index in [-0.39, 0.29) is 5.91 Å². The van der Waals surface area contributed by atoms with Crippen molar-refractivity contribution >= 4 is 27.5 Å². The number of nitrogens with one attached hydrogen (secondary N) is 1. The number of hydrogen-bond donors (Lipinski definition) is 1. The quantitative estimate of drug-likeness (QED) is 0.737. The van der Waals surface area contributed by atoms with Crippen molar-refractivity contribution in [1.29, 1.82) is 0 Å². The molecule has 0 saturated carbocycles. The summed E-state index contributed by atoms with van der Waals surface area (Å²) in [5, 5.41) is 5.11. The lowest BCUT2D eigenvalue weighted by molar-refractivity contribution is -0.918. The van der Waals surface area contributed by atoms with E-state index in [0.29, 0.717) is 6.42 Å². The van der Waals surface area contributed by atoms with E-state index in [1.165, 1.54) is 9.60 Å². The van der Waals surface area contributed by atoms with E-state index in [1.54, 1.807) is 11.3 Å². The van der Waals surface area contributed by atoms with Crippen LogP contribution in [-0.4, -0.2) is 47.1 Å². The molecule has 4 rings (SSSR count). The van der Waals surface area contributed by atoms with Gasteiger partial charge in [-0.3, -0.25) is 4.79 Å². The molecule has 1 aliphatic rings. The van der Waals surface area contributed by atoms with E-state index >= 15 is 0 Å². The minimum Gasteiger partial charge on any atom is -0.361 e. The number of aryl methyl sites for hydroxylation is 2. The van der Waals surface area contributed by atoms with E-state index in [9.17, 15) is 4.79 Å². The van der Waals surface area contributed by atoms with E-state index in [4.69, 9.17) is 4.52 Å². The normalized spacial score (nSPS) is 15.7. The van der Waals surface area contributed by atoms with Gasteiger partial charge in [-0.1, -0.05) is 17.3 Å². The fourth-order valence-corrected chi connectivity index (χ4v) is 4.37. The van der Waals surface area contributed by atoms with Gasteiger partial charge < -0.3 is 14.3 Å². The Morgan fingerprint density at radius 3 is 2.85 bits per heavy atom. The van der Waals surface area contributed by atoms with Crippen molar-refractivity contribution in [2.75, 3.05) is 26.2 Å². The summed E-state index contributed by atoms with van der Waals surface area (Å²) in [6.45, 7) is 6.31. The van der Waals surface area contributed by atoms with Gasteiger partial charge in [0, 0.05) is 18.9 Å². The summed E-state index contributed by atoms with van der Waals surface area (Å²) in [6.07, 6.45) is 1.26. The number of para-hydroxylation sites is 1. The average molecular weight is 371 g/mol. The van der Waals surface area contributed by atoms with E-state index in [0.717, 1.165) is 61.1 Å². The molecule has 6 nitrogen and oxygen atoms in total. The third-order valence-electron chi connectivity index (χ3n) is 4.82.